The number of aromatic nitrogens is 1. The highest BCUT2D eigenvalue weighted by atomic mass is 19.1. The van der Waals surface area contributed by atoms with E-state index in [0.717, 1.165) is 56.2 Å². The average molecular weight is 474 g/mol. The van der Waals surface area contributed by atoms with E-state index in [2.05, 4.69) is 47.4 Å². The molecule has 6 rings (SSSR count). The molecule has 0 aliphatic heterocycles. The van der Waals surface area contributed by atoms with Crippen LogP contribution in [-0.4, -0.2) is 12.0 Å². The number of para-hydroxylation sites is 1. The van der Waals surface area contributed by atoms with Crippen molar-refractivity contribution in [3.63, 3.8) is 0 Å². The number of furan rings is 1. The third kappa shape index (κ3) is 3.95. The van der Waals surface area contributed by atoms with E-state index in [9.17, 15) is 4.39 Å². The summed E-state index contributed by atoms with van der Waals surface area (Å²) in [6, 6.07) is 35.1. The molecule has 176 valence electrons. The summed E-state index contributed by atoms with van der Waals surface area (Å²) in [5.74, 6) is 0.598. The normalized spacial score (nSPS) is 11.2. The van der Waals surface area contributed by atoms with Crippen molar-refractivity contribution in [2.45, 2.75) is 6.92 Å². The Morgan fingerprint density at radius 3 is 1.97 bits per heavy atom. The third-order valence-corrected chi connectivity index (χ3v) is 6.42. The second-order valence-electron chi connectivity index (χ2n) is 8.81. The van der Waals surface area contributed by atoms with Crippen LogP contribution in [0.4, 0.5) is 33.0 Å². The van der Waals surface area contributed by atoms with Gasteiger partial charge in [-0.15, -0.1) is 0 Å². The van der Waals surface area contributed by atoms with Gasteiger partial charge in [0.1, 0.15) is 22.8 Å². The fourth-order valence-electron chi connectivity index (χ4n) is 4.56. The van der Waals surface area contributed by atoms with Crippen molar-refractivity contribution in [2.75, 3.05) is 16.8 Å². The zero-order chi connectivity index (χ0) is 24.6. The van der Waals surface area contributed by atoms with Crippen LogP contribution in [0.3, 0.4) is 0 Å². The van der Waals surface area contributed by atoms with Gasteiger partial charge in [-0.05, 0) is 79.7 Å². The largest absolute Gasteiger partial charge is 0.456 e. The molecule has 0 aliphatic carbocycles. The summed E-state index contributed by atoms with van der Waals surface area (Å²) in [6.45, 7) is 2.00. The van der Waals surface area contributed by atoms with Crippen LogP contribution in [-0.2, 0) is 0 Å². The zero-order valence-electron chi connectivity index (χ0n) is 20.0. The smallest absolute Gasteiger partial charge is 0.137 e. The van der Waals surface area contributed by atoms with Crippen LogP contribution in [0.1, 0.15) is 5.69 Å². The Balaban J connectivity index is 1.44. The van der Waals surface area contributed by atoms with E-state index in [1.165, 1.54) is 12.1 Å². The van der Waals surface area contributed by atoms with Gasteiger partial charge in [-0.3, -0.25) is 4.90 Å². The van der Waals surface area contributed by atoms with E-state index in [4.69, 9.17) is 9.40 Å². The molecule has 0 unspecified atom stereocenters. The number of halogens is 1. The molecule has 0 bridgehead atoms. The summed E-state index contributed by atoms with van der Waals surface area (Å²) in [5.41, 5.74) is 6.41. The molecule has 0 saturated heterocycles. The maximum Gasteiger partial charge on any atom is 0.137 e. The molecule has 0 atom stereocenters. The number of rotatable bonds is 5. The van der Waals surface area contributed by atoms with Crippen molar-refractivity contribution >= 4 is 50.5 Å². The number of benzene rings is 4. The standard InChI is InChI=1S/C31H24FN3O/c1-21-7-6-10-31(33-21)35(24-8-4-3-5-9-24)26-16-18-28-27-17-15-25(19-29(27)36-30(28)20-26)34(2)23-13-11-22(32)12-14-23/h3-20H,1-2H3. The lowest BCUT2D eigenvalue weighted by Crippen LogP contribution is -2.11. The lowest BCUT2D eigenvalue weighted by Gasteiger charge is -2.24. The van der Waals surface area contributed by atoms with E-state index >= 15 is 0 Å². The topological polar surface area (TPSA) is 32.5 Å². The van der Waals surface area contributed by atoms with Crippen LogP contribution in [0.15, 0.2) is 114 Å². The monoisotopic (exact) mass is 473 g/mol. The van der Waals surface area contributed by atoms with Gasteiger partial charge in [0.2, 0.25) is 0 Å². The molecule has 0 amide bonds. The molecule has 36 heavy (non-hydrogen) atoms. The summed E-state index contributed by atoms with van der Waals surface area (Å²) < 4.78 is 19.7. The molecule has 6 aromatic rings. The van der Waals surface area contributed by atoms with E-state index < -0.39 is 0 Å². The van der Waals surface area contributed by atoms with Gasteiger partial charge < -0.3 is 9.32 Å². The minimum Gasteiger partial charge on any atom is -0.456 e. The maximum absolute atomic E-state index is 13.4. The van der Waals surface area contributed by atoms with Crippen LogP contribution in [0.2, 0.25) is 0 Å². The molecule has 5 heteroatoms. The number of hydrogen-bond donors (Lipinski definition) is 0. The Morgan fingerprint density at radius 1 is 0.639 bits per heavy atom. The second kappa shape index (κ2) is 8.86. The van der Waals surface area contributed by atoms with E-state index in [-0.39, 0.29) is 5.82 Å². The molecule has 0 aliphatic rings. The molecule has 4 aromatic carbocycles. The first-order valence-corrected chi connectivity index (χ1v) is 11.8. The summed E-state index contributed by atoms with van der Waals surface area (Å²) in [6.07, 6.45) is 0. The average Bonchev–Trinajstić information content (AvgIpc) is 3.27. The molecule has 0 saturated carbocycles. The first kappa shape index (κ1) is 21.9. The molecule has 0 spiro atoms. The summed E-state index contributed by atoms with van der Waals surface area (Å²) in [7, 11) is 1.96. The van der Waals surface area contributed by atoms with Crippen LogP contribution < -0.4 is 9.80 Å². The molecule has 0 radical (unpaired) electrons. The Morgan fingerprint density at radius 2 is 1.28 bits per heavy atom. The molecule has 2 heterocycles. The second-order valence-corrected chi connectivity index (χ2v) is 8.81. The van der Waals surface area contributed by atoms with E-state index in [1.807, 2.05) is 61.3 Å². The van der Waals surface area contributed by atoms with Crippen molar-refractivity contribution in [3.05, 3.63) is 121 Å². The fourth-order valence-corrected chi connectivity index (χ4v) is 4.56. The van der Waals surface area contributed by atoms with Gasteiger partial charge in [0.15, 0.2) is 0 Å². The molecule has 4 nitrogen and oxygen atoms in total. The van der Waals surface area contributed by atoms with Gasteiger partial charge in [-0.25, -0.2) is 9.37 Å². The van der Waals surface area contributed by atoms with Crippen LogP contribution >= 0.6 is 0 Å². The summed E-state index contributed by atoms with van der Waals surface area (Å²) in [4.78, 5) is 8.92. The fraction of sp³-hybridized carbons (Fsp3) is 0.0645. The third-order valence-electron chi connectivity index (χ3n) is 6.42. The number of nitrogens with zero attached hydrogens (tertiary/aromatic N) is 3. The van der Waals surface area contributed by atoms with Gasteiger partial charge in [0, 0.05) is 52.7 Å². The first-order valence-electron chi connectivity index (χ1n) is 11.8. The number of fused-ring (bicyclic) bond motifs is 3. The molecule has 0 N–H and O–H groups in total. The van der Waals surface area contributed by atoms with Gasteiger partial charge in [-0.2, -0.15) is 0 Å². The lowest BCUT2D eigenvalue weighted by molar-refractivity contribution is 0.628. The van der Waals surface area contributed by atoms with Crippen molar-refractivity contribution in [2.24, 2.45) is 0 Å². The minimum absolute atomic E-state index is 0.249. The Hall–Kier alpha value is -4.64. The van der Waals surface area contributed by atoms with Crippen LogP contribution in [0.5, 0.6) is 0 Å². The summed E-state index contributed by atoms with van der Waals surface area (Å²) in [5, 5.41) is 2.10. The zero-order valence-corrected chi connectivity index (χ0v) is 20.0. The molecular formula is C31H24FN3O. The van der Waals surface area contributed by atoms with Gasteiger partial charge in [0.25, 0.3) is 0 Å². The number of anilines is 5. The van der Waals surface area contributed by atoms with E-state index in [1.54, 1.807) is 12.1 Å². The number of pyridine rings is 1. The maximum atomic E-state index is 13.4. The predicted molar refractivity (Wildman–Crippen MR) is 145 cm³/mol. The quantitative estimate of drug-likeness (QED) is 0.251. The molecular weight excluding hydrogens is 449 g/mol. The first-order chi connectivity index (χ1) is 17.6. The Kier molecular flexibility index (Phi) is 5.38. The van der Waals surface area contributed by atoms with Crippen molar-refractivity contribution in [1.82, 2.24) is 4.98 Å². The highest BCUT2D eigenvalue weighted by Crippen LogP contribution is 2.38. The highest BCUT2D eigenvalue weighted by Gasteiger charge is 2.17. The Labute approximate surface area is 208 Å². The van der Waals surface area contributed by atoms with Gasteiger partial charge in [-0.1, -0.05) is 24.3 Å². The van der Waals surface area contributed by atoms with E-state index in [0.29, 0.717) is 0 Å². The van der Waals surface area contributed by atoms with Gasteiger partial charge >= 0.3 is 0 Å². The summed E-state index contributed by atoms with van der Waals surface area (Å²) >= 11 is 0. The van der Waals surface area contributed by atoms with Crippen LogP contribution in [0.25, 0.3) is 21.9 Å². The Bertz CT molecular complexity index is 1680. The number of aryl methyl sites for hydroxylation is 1. The van der Waals surface area contributed by atoms with Crippen molar-refractivity contribution < 1.29 is 8.81 Å². The lowest BCUT2D eigenvalue weighted by atomic mass is 10.1. The highest BCUT2D eigenvalue weighted by molar-refractivity contribution is 6.07. The number of hydrogen-bond acceptors (Lipinski definition) is 4. The minimum atomic E-state index is -0.249. The van der Waals surface area contributed by atoms with Gasteiger partial charge in [0.05, 0.1) is 5.69 Å². The molecule has 2 aromatic heterocycles. The van der Waals surface area contributed by atoms with Crippen molar-refractivity contribution in [3.8, 4) is 0 Å². The van der Waals surface area contributed by atoms with Crippen LogP contribution in [0, 0.1) is 12.7 Å². The molecule has 0 fully saturated rings. The van der Waals surface area contributed by atoms with Crippen molar-refractivity contribution in [1.29, 1.82) is 0 Å². The predicted octanol–water partition coefficient (Wildman–Crippen LogP) is 8.67. The SMILES string of the molecule is Cc1cccc(N(c2ccccc2)c2ccc3c(c2)oc2cc(N(C)c4ccc(F)cc4)ccc23)n1.